The lowest BCUT2D eigenvalue weighted by Gasteiger charge is -2.00. The molecule has 104 valence electrons. The van der Waals surface area contributed by atoms with Gasteiger partial charge in [-0.25, -0.2) is 4.98 Å². The van der Waals surface area contributed by atoms with Crippen LogP contribution in [0.2, 0.25) is 0 Å². The lowest BCUT2D eigenvalue weighted by atomic mass is 10.2. The fraction of sp³-hybridized carbons (Fsp3) is 0.125. The van der Waals surface area contributed by atoms with Crippen molar-refractivity contribution in [3.05, 3.63) is 48.0 Å². The first kappa shape index (κ1) is 13.9. The highest BCUT2D eigenvalue weighted by Crippen LogP contribution is 2.35. The molecular formula is C16H12N2OS2. The standard InChI is InChI=1S/C16H12N2OS2/c1-2-19-12-5-8-14-15(9-12)21-16(18-14)20-13-6-3-11(10-17)4-7-13/h3-9H,2H2,1H3. The molecule has 1 aromatic heterocycles. The van der Waals surface area contributed by atoms with Crippen LogP contribution in [0.5, 0.6) is 5.75 Å². The molecule has 0 aliphatic heterocycles. The summed E-state index contributed by atoms with van der Waals surface area (Å²) in [6, 6.07) is 15.6. The van der Waals surface area contributed by atoms with E-state index in [1.807, 2.05) is 49.4 Å². The minimum atomic E-state index is 0.664. The molecule has 0 aliphatic rings. The molecule has 0 saturated carbocycles. The zero-order chi connectivity index (χ0) is 14.7. The Hall–Kier alpha value is -2.03. The van der Waals surface area contributed by atoms with Gasteiger partial charge in [-0.1, -0.05) is 11.8 Å². The van der Waals surface area contributed by atoms with E-state index < -0.39 is 0 Å². The Kier molecular flexibility index (Phi) is 4.09. The third kappa shape index (κ3) is 3.18. The summed E-state index contributed by atoms with van der Waals surface area (Å²) in [7, 11) is 0. The second-order valence-electron chi connectivity index (χ2n) is 4.28. The van der Waals surface area contributed by atoms with Crippen LogP contribution in [-0.2, 0) is 0 Å². The van der Waals surface area contributed by atoms with E-state index in [4.69, 9.17) is 10.00 Å². The Labute approximate surface area is 131 Å². The summed E-state index contributed by atoms with van der Waals surface area (Å²) in [5.74, 6) is 0.878. The number of aromatic nitrogens is 1. The maximum Gasteiger partial charge on any atom is 0.155 e. The number of nitrogens with zero attached hydrogens (tertiary/aromatic N) is 2. The first-order chi connectivity index (χ1) is 10.3. The number of ether oxygens (including phenoxy) is 1. The summed E-state index contributed by atoms with van der Waals surface area (Å²) in [6.45, 7) is 2.64. The van der Waals surface area contributed by atoms with Crippen molar-refractivity contribution in [2.24, 2.45) is 0 Å². The molecule has 3 rings (SSSR count). The number of thiazole rings is 1. The monoisotopic (exact) mass is 312 g/mol. The lowest BCUT2D eigenvalue weighted by molar-refractivity contribution is 0.341. The lowest BCUT2D eigenvalue weighted by Crippen LogP contribution is -1.89. The van der Waals surface area contributed by atoms with Crippen molar-refractivity contribution < 1.29 is 4.74 Å². The van der Waals surface area contributed by atoms with Crippen LogP contribution in [0.25, 0.3) is 10.2 Å². The van der Waals surface area contributed by atoms with Gasteiger partial charge >= 0.3 is 0 Å². The van der Waals surface area contributed by atoms with Crippen molar-refractivity contribution in [1.82, 2.24) is 4.98 Å². The predicted molar refractivity (Wildman–Crippen MR) is 86.1 cm³/mol. The van der Waals surface area contributed by atoms with Gasteiger partial charge in [0.15, 0.2) is 4.34 Å². The Morgan fingerprint density at radius 3 is 2.76 bits per heavy atom. The molecule has 3 nitrogen and oxygen atoms in total. The SMILES string of the molecule is CCOc1ccc2nc(Sc3ccc(C#N)cc3)sc2c1. The quantitative estimate of drug-likeness (QED) is 0.699. The van der Waals surface area contributed by atoms with Crippen molar-refractivity contribution in [1.29, 1.82) is 5.26 Å². The van der Waals surface area contributed by atoms with Gasteiger partial charge in [-0.3, -0.25) is 0 Å². The van der Waals surface area contributed by atoms with Gasteiger partial charge in [0.05, 0.1) is 28.5 Å². The van der Waals surface area contributed by atoms with Crippen molar-refractivity contribution >= 4 is 33.3 Å². The van der Waals surface area contributed by atoms with E-state index in [2.05, 4.69) is 11.1 Å². The summed E-state index contributed by atoms with van der Waals surface area (Å²) in [5.41, 5.74) is 1.66. The highest BCUT2D eigenvalue weighted by atomic mass is 32.2. The van der Waals surface area contributed by atoms with Gasteiger partial charge in [0.1, 0.15) is 5.75 Å². The van der Waals surface area contributed by atoms with Gasteiger partial charge in [-0.05, 0) is 49.4 Å². The van der Waals surface area contributed by atoms with Gasteiger partial charge in [0.2, 0.25) is 0 Å². The zero-order valence-corrected chi connectivity index (χ0v) is 13.0. The number of hydrogen-bond acceptors (Lipinski definition) is 5. The summed E-state index contributed by atoms with van der Waals surface area (Å²) < 4.78 is 7.62. The average molecular weight is 312 g/mol. The largest absolute Gasteiger partial charge is 0.494 e. The third-order valence-electron chi connectivity index (χ3n) is 2.84. The molecule has 5 heteroatoms. The molecule has 0 bridgehead atoms. The maximum atomic E-state index is 8.80. The highest BCUT2D eigenvalue weighted by molar-refractivity contribution is 8.01. The van der Waals surface area contributed by atoms with Crippen LogP contribution in [0.3, 0.4) is 0 Å². The summed E-state index contributed by atoms with van der Waals surface area (Å²) >= 11 is 3.26. The summed E-state index contributed by atoms with van der Waals surface area (Å²) in [6.07, 6.45) is 0. The van der Waals surface area contributed by atoms with E-state index in [0.29, 0.717) is 12.2 Å². The van der Waals surface area contributed by atoms with Crippen molar-refractivity contribution in [3.63, 3.8) is 0 Å². The van der Waals surface area contributed by atoms with Crippen molar-refractivity contribution in [3.8, 4) is 11.8 Å². The second kappa shape index (κ2) is 6.17. The van der Waals surface area contributed by atoms with E-state index in [1.165, 1.54) is 0 Å². The highest BCUT2D eigenvalue weighted by Gasteiger charge is 2.07. The number of hydrogen-bond donors (Lipinski definition) is 0. The van der Waals surface area contributed by atoms with Crippen molar-refractivity contribution in [2.45, 2.75) is 16.2 Å². The van der Waals surface area contributed by atoms with E-state index in [0.717, 1.165) is 25.2 Å². The van der Waals surface area contributed by atoms with Gasteiger partial charge in [-0.2, -0.15) is 5.26 Å². The van der Waals surface area contributed by atoms with Gasteiger partial charge < -0.3 is 4.74 Å². The van der Waals surface area contributed by atoms with Gasteiger partial charge in [0, 0.05) is 4.90 Å². The molecule has 0 amide bonds. The Morgan fingerprint density at radius 1 is 1.24 bits per heavy atom. The van der Waals surface area contributed by atoms with E-state index in [1.54, 1.807) is 23.1 Å². The molecule has 0 N–H and O–H groups in total. The number of nitriles is 1. The van der Waals surface area contributed by atoms with E-state index in [9.17, 15) is 0 Å². The van der Waals surface area contributed by atoms with Crippen LogP contribution >= 0.6 is 23.1 Å². The number of fused-ring (bicyclic) bond motifs is 1. The summed E-state index contributed by atoms with van der Waals surface area (Å²) in [5, 5.41) is 8.80. The molecule has 3 aromatic rings. The number of rotatable bonds is 4. The molecule has 0 radical (unpaired) electrons. The first-order valence-corrected chi connectivity index (χ1v) is 8.13. The molecule has 0 unspecified atom stereocenters. The fourth-order valence-corrected chi connectivity index (χ4v) is 3.95. The maximum absolute atomic E-state index is 8.80. The molecular weight excluding hydrogens is 300 g/mol. The topological polar surface area (TPSA) is 45.9 Å². The van der Waals surface area contributed by atoms with Crippen LogP contribution < -0.4 is 4.74 Å². The van der Waals surface area contributed by atoms with Crippen LogP contribution in [-0.4, -0.2) is 11.6 Å². The second-order valence-corrected chi connectivity index (χ2v) is 6.63. The van der Waals surface area contributed by atoms with E-state index in [-0.39, 0.29) is 0 Å². The molecule has 21 heavy (non-hydrogen) atoms. The van der Waals surface area contributed by atoms with Crippen molar-refractivity contribution in [2.75, 3.05) is 6.61 Å². The average Bonchev–Trinajstić information content (AvgIpc) is 2.90. The Balaban J connectivity index is 1.85. The molecule has 0 saturated heterocycles. The van der Waals surface area contributed by atoms with Crippen LogP contribution in [0, 0.1) is 11.3 Å². The number of benzene rings is 2. The Bertz CT molecular complexity index is 803. The molecule has 2 aromatic carbocycles. The van der Waals surface area contributed by atoms with Crippen LogP contribution in [0.1, 0.15) is 12.5 Å². The van der Waals surface area contributed by atoms with Crippen LogP contribution in [0.15, 0.2) is 51.7 Å². The third-order valence-corrected chi connectivity index (χ3v) is 4.93. The predicted octanol–water partition coefficient (Wildman–Crippen LogP) is 4.72. The molecule has 0 atom stereocenters. The Morgan fingerprint density at radius 2 is 2.05 bits per heavy atom. The minimum absolute atomic E-state index is 0.664. The zero-order valence-electron chi connectivity index (χ0n) is 11.4. The molecule has 0 fully saturated rings. The summed E-state index contributed by atoms with van der Waals surface area (Å²) in [4.78, 5) is 5.69. The normalized spacial score (nSPS) is 10.5. The van der Waals surface area contributed by atoms with Crippen LogP contribution in [0.4, 0.5) is 0 Å². The fourth-order valence-electron chi connectivity index (χ4n) is 1.88. The molecule has 0 aliphatic carbocycles. The molecule has 0 spiro atoms. The molecule has 1 heterocycles. The first-order valence-electron chi connectivity index (χ1n) is 6.50. The smallest absolute Gasteiger partial charge is 0.155 e. The van der Waals surface area contributed by atoms with Gasteiger partial charge in [-0.15, -0.1) is 11.3 Å². The minimum Gasteiger partial charge on any atom is -0.494 e. The van der Waals surface area contributed by atoms with Gasteiger partial charge in [0.25, 0.3) is 0 Å². The van der Waals surface area contributed by atoms with E-state index >= 15 is 0 Å².